The highest BCUT2D eigenvalue weighted by atomic mass is 15.2. The molecule has 0 bridgehead atoms. The second-order valence-corrected chi connectivity index (χ2v) is 4.27. The van der Waals surface area contributed by atoms with Crippen LogP contribution >= 0.6 is 0 Å². The van der Waals surface area contributed by atoms with Crippen LogP contribution in [0.2, 0.25) is 0 Å². The molecule has 0 saturated carbocycles. The zero-order valence-corrected chi connectivity index (χ0v) is 9.42. The maximum absolute atomic E-state index is 5.19. The van der Waals surface area contributed by atoms with Gasteiger partial charge >= 0.3 is 0 Å². The molecule has 14 heavy (non-hydrogen) atoms. The fourth-order valence-electron chi connectivity index (χ4n) is 2.25. The molecule has 1 heterocycles. The third kappa shape index (κ3) is 3.32. The Morgan fingerprint density at radius 3 is 3.00 bits per heavy atom. The largest absolute Gasteiger partial charge is 0.305 e. The van der Waals surface area contributed by atoms with E-state index >= 15 is 0 Å². The van der Waals surface area contributed by atoms with Crippen LogP contribution in [0.3, 0.4) is 0 Å². The van der Waals surface area contributed by atoms with Crippen molar-refractivity contribution in [2.75, 3.05) is 19.6 Å². The van der Waals surface area contributed by atoms with E-state index in [4.69, 9.17) is 6.42 Å². The summed E-state index contributed by atoms with van der Waals surface area (Å²) in [7, 11) is 0. The van der Waals surface area contributed by atoms with Gasteiger partial charge in [0.05, 0.1) is 6.54 Å². The summed E-state index contributed by atoms with van der Waals surface area (Å²) < 4.78 is 0. The highest BCUT2D eigenvalue weighted by molar-refractivity contribution is 4.87. The standard InChI is InChI=1S/C12H22N2/c1-4-8-13-10-12(3)14-9-6-5-7-11(14)2/h1,11-13H,5-10H2,2-3H3. The third-order valence-corrected chi connectivity index (χ3v) is 3.09. The summed E-state index contributed by atoms with van der Waals surface area (Å²) in [6.07, 6.45) is 9.28. The number of hydrogen-bond donors (Lipinski definition) is 1. The second-order valence-electron chi connectivity index (χ2n) is 4.27. The minimum atomic E-state index is 0.610. The fraction of sp³-hybridized carbons (Fsp3) is 0.833. The maximum atomic E-state index is 5.19. The van der Waals surface area contributed by atoms with Gasteiger partial charge in [-0.2, -0.15) is 0 Å². The van der Waals surface area contributed by atoms with Crippen LogP contribution in [0.4, 0.5) is 0 Å². The summed E-state index contributed by atoms with van der Waals surface area (Å²) in [5.74, 6) is 2.61. The molecule has 1 aliphatic heterocycles. The van der Waals surface area contributed by atoms with Crippen molar-refractivity contribution in [3.63, 3.8) is 0 Å². The van der Waals surface area contributed by atoms with Crippen LogP contribution in [0.5, 0.6) is 0 Å². The van der Waals surface area contributed by atoms with E-state index in [1.807, 2.05) is 0 Å². The minimum Gasteiger partial charge on any atom is -0.305 e. The predicted molar refractivity (Wildman–Crippen MR) is 61.2 cm³/mol. The van der Waals surface area contributed by atoms with Crippen LogP contribution in [-0.2, 0) is 0 Å². The van der Waals surface area contributed by atoms with Gasteiger partial charge in [0, 0.05) is 18.6 Å². The Labute approximate surface area is 88.1 Å². The van der Waals surface area contributed by atoms with Gasteiger partial charge in [0.15, 0.2) is 0 Å². The summed E-state index contributed by atoms with van der Waals surface area (Å²) in [6.45, 7) is 7.56. The molecule has 0 spiro atoms. The number of piperidine rings is 1. The first-order chi connectivity index (χ1) is 6.75. The summed E-state index contributed by atoms with van der Waals surface area (Å²) in [5, 5.41) is 3.27. The van der Waals surface area contributed by atoms with Crippen molar-refractivity contribution in [1.82, 2.24) is 10.2 Å². The van der Waals surface area contributed by atoms with Crippen molar-refractivity contribution in [3.8, 4) is 12.3 Å². The number of nitrogens with one attached hydrogen (secondary N) is 1. The van der Waals surface area contributed by atoms with Gasteiger partial charge in [0.2, 0.25) is 0 Å². The molecule has 80 valence electrons. The average molecular weight is 194 g/mol. The zero-order chi connectivity index (χ0) is 10.4. The molecule has 0 aromatic heterocycles. The smallest absolute Gasteiger partial charge is 0.0574 e. The van der Waals surface area contributed by atoms with Crippen LogP contribution in [-0.4, -0.2) is 36.6 Å². The Morgan fingerprint density at radius 2 is 2.36 bits per heavy atom. The normalized spacial score (nSPS) is 25.6. The van der Waals surface area contributed by atoms with Crippen molar-refractivity contribution in [2.45, 2.75) is 45.2 Å². The topological polar surface area (TPSA) is 15.3 Å². The maximum Gasteiger partial charge on any atom is 0.0574 e. The lowest BCUT2D eigenvalue weighted by atomic mass is 10.0. The van der Waals surface area contributed by atoms with Crippen LogP contribution in [0, 0.1) is 12.3 Å². The molecule has 0 amide bonds. The summed E-state index contributed by atoms with van der Waals surface area (Å²) >= 11 is 0. The Bertz CT molecular complexity index is 195. The van der Waals surface area contributed by atoms with Crippen molar-refractivity contribution in [3.05, 3.63) is 0 Å². The van der Waals surface area contributed by atoms with E-state index in [0.29, 0.717) is 12.6 Å². The first kappa shape index (κ1) is 11.6. The Hall–Kier alpha value is -0.520. The molecule has 2 nitrogen and oxygen atoms in total. The van der Waals surface area contributed by atoms with Gasteiger partial charge in [-0.15, -0.1) is 6.42 Å². The minimum absolute atomic E-state index is 0.610. The molecule has 2 atom stereocenters. The fourth-order valence-corrected chi connectivity index (χ4v) is 2.25. The molecular formula is C12H22N2. The van der Waals surface area contributed by atoms with Gasteiger partial charge in [-0.05, 0) is 33.2 Å². The molecule has 0 aliphatic carbocycles. The van der Waals surface area contributed by atoms with Gasteiger partial charge in [0.25, 0.3) is 0 Å². The third-order valence-electron chi connectivity index (χ3n) is 3.09. The van der Waals surface area contributed by atoms with Gasteiger partial charge in [0.1, 0.15) is 0 Å². The van der Waals surface area contributed by atoms with Gasteiger partial charge < -0.3 is 5.32 Å². The van der Waals surface area contributed by atoms with E-state index in [-0.39, 0.29) is 0 Å². The lowest BCUT2D eigenvalue weighted by molar-refractivity contribution is 0.114. The molecular weight excluding hydrogens is 172 g/mol. The quantitative estimate of drug-likeness (QED) is 0.538. The van der Waals surface area contributed by atoms with E-state index in [9.17, 15) is 0 Å². The highest BCUT2D eigenvalue weighted by Crippen LogP contribution is 2.18. The van der Waals surface area contributed by atoms with Crippen molar-refractivity contribution in [1.29, 1.82) is 0 Å². The number of hydrogen-bond acceptors (Lipinski definition) is 2. The summed E-state index contributed by atoms with van der Waals surface area (Å²) in [6, 6.07) is 1.35. The number of likely N-dealkylation sites (tertiary alicyclic amines) is 1. The lowest BCUT2D eigenvalue weighted by Crippen LogP contribution is -2.47. The first-order valence-corrected chi connectivity index (χ1v) is 5.65. The van der Waals surface area contributed by atoms with Gasteiger partial charge in [-0.3, -0.25) is 4.90 Å². The first-order valence-electron chi connectivity index (χ1n) is 5.65. The number of nitrogens with zero attached hydrogens (tertiary/aromatic N) is 1. The van der Waals surface area contributed by atoms with Gasteiger partial charge in [-0.25, -0.2) is 0 Å². The Balaban J connectivity index is 2.27. The average Bonchev–Trinajstić information content (AvgIpc) is 2.18. The van der Waals surface area contributed by atoms with Gasteiger partial charge in [-0.1, -0.05) is 12.3 Å². The van der Waals surface area contributed by atoms with Crippen molar-refractivity contribution >= 4 is 0 Å². The molecule has 2 unspecified atom stereocenters. The van der Waals surface area contributed by atoms with E-state index in [0.717, 1.165) is 12.6 Å². The van der Waals surface area contributed by atoms with E-state index in [2.05, 4.69) is 30.0 Å². The molecule has 0 aromatic rings. The molecule has 0 aromatic carbocycles. The van der Waals surface area contributed by atoms with Crippen LogP contribution in [0.1, 0.15) is 33.1 Å². The monoisotopic (exact) mass is 194 g/mol. The van der Waals surface area contributed by atoms with Crippen LogP contribution in [0.25, 0.3) is 0 Å². The summed E-state index contributed by atoms with van der Waals surface area (Å²) in [4.78, 5) is 2.59. The van der Waals surface area contributed by atoms with E-state index in [1.54, 1.807) is 0 Å². The SMILES string of the molecule is C#CCNCC(C)N1CCCCC1C. The molecule has 0 radical (unpaired) electrons. The Morgan fingerprint density at radius 1 is 1.57 bits per heavy atom. The molecule has 1 aliphatic rings. The van der Waals surface area contributed by atoms with Crippen LogP contribution < -0.4 is 5.32 Å². The number of terminal acetylenes is 1. The van der Waals surface area contributed by atoms with E-state index in [1.165, 1.54) is 25.8 Å². The van der Waals surface area contributed by atoms with E-state index < -0.39 is 0 Å². The highest BCUT2D eigenvalue weighted by Gasteiger charge is 2.22. The molecule has 1 rings (SSSR count). The molecule has 1 saturated heterocycles. The molecule has 1 N–H and O–H groups in total. The molecule has 1 fully saturated rings. The second kappa shape index (κ2) is 6.06. The van der Waals surface area contributed by atoms with Crippen LogP contribution in [0.15, 0.2) is 0 Å². The van der Waals surface area contributed by atoms with Crippen molar-refractivity contribution in [2.24, 2.45) is 0 Å². The number of rotatable bonds is 4. The van der Waals surface area contributed by atoms with Crippen molar-refractivity contribution < 1.29 is 0 Å². The predicted octanol–water partition coefficient (Wildman–Crippen LogP) is 1.47. The zero-order valence-electron chi connectivity index (χ0n) is 9.42. The Kier molecular flexibility index (Phi) is 5.00. The lowest BCUT2D eigenvalue weighted by Gasteiger charge is -2.38. The summed E-state index contributed by atoms with van der Waals surface area (Å²) in [5.41, 5.74) is 0. The molecule has 2 heteroatoms.